The second-order valence-electron chi connectivity index (χ2n) is 19.2. The molecule has 2 aliphatic carbocycles. The van der Waals surface area contributed by atoms with Crippen LogP contribution in [-0.2, 0) is 49.0 Å². The van der Waals surface area contributed by atoms with Crippen molar-refractivity contribution in [1.82, 2.24) is 0 Å². The lowest BCUT2D eigenvalue weighted by atomic mass is 9.50. The summed E-state index contributed by atoms with van der Waals surface area (Å²) in [6.07, 6.45) is 0.00492. The summed E-state index contributed by atoms with van der Waals surface area (Å²) in [6.45, 7) is 11.8. The van der Waals surface area contributed by atoms with Crippen LogP contribution in [0.3, 0.4) is 0 Å². The average Bonchev–Trinajstić information content (AvgIpc) is 4.01. The maximum absolute atomic E-state index is 13.3. The van der Waals surface area contributed by atoms with E-state index in [0.717, 1.165) is 33.6 Å². The van der Waals surface area contributed by atoms with Gasteiger partial charge in [-0.2, -0.15) is 0 Å². The molecule has 4 bridgehead atoms. The number of hydrogen-bond donors (Lipinski definition) is 2. The Hall–Kier alpha value is -3.84. The maximum atomic E-state index is 13.3. The smallest absolute Gasteiger partial charge is 0.315 e. The number of amides is 2. The molecule has 2 aromatic rings. The molecule has 4 saturated heterocycles. The van der Waals surface area contributed by atoms with Crippen LogP contribution in [0.15, 0.2) is 36.4 Å². The van der Waals surface area contributed by atoms with Crippen molar-refractivity contribution < 1.29 is 48.3 Å². The molecule has 8 aliphatic rings. The van der Waals surface area contributed by atoms with Gasteiger partial charge in [0, 0.05) is 25.5 Å². The Morgan fingerprint density at radius 1 is 0.679 bits per heavy atom. The number of rotatable bonds is 4. The molecule has 12 atom stereocenters. The molecule has 0 unspecified atom stereocenters. The standard InChI is InChI=1S/2C22H27NO5/c2*1-20(2)12-9-14-21(3,19(26)27-5)22(10-24,17(12)28-14)11-7-6-8-13-15(11)16(20)18(25)23(13)4/h2*6-8,12,14,16-17,24H,9-10H2,1-5H3/t2*12-,14-,16-,17+,21-,22-/m00/s1. The minimum atomic E-state index is -1.01. The number of ether oxygens (including phenoxy) is 4. The molecule has 10 rings (SSSR count). The van der Waals surface area contributed by atoms with Gasteiger partial charge in [-0.25, -0.2) is 0 Å². The van der Waals surface area contributed by atoms with Crippen LogP contribution in [0.25, 0.3) is 0 Å². The lowest BCUT2D eigenvalue weighted by Crippen LogP contribution is -2.61. The predicted octanol–water partition coefficient (Wildman–Crippen LogP) is 3.97. The Kier molecular flexibility index (Phi) is 7.69. The summed E-state index contributed by atoms with van der Waals surface area (Å²) in [7, 11) is 6.39. The zero-order valence-electron chi connectivity index (χ0n) is 34.0. The number of anilines is 2. The highest BCUT2D eigenvalue weighted by Crippen LogP contribution is 2.73. The Morgan fingerprint density at radius 2 is 1.04 bits per heavy atom. The van der Waals surface area contributed by atoms with Crippen LogP contribution in [0, 0.1) is 33.5 Å². The van der Waals surface area contributed by atoms with Gasteiger partial charge in [0.2, 0.25) is 11.8 Å². The summed E-state index contributed by atoms with van der Waals surface area (Å²) >= 11 is 0. The molecule has 0 radical (unpaired) electrons. The highest BCUT2D eigenvalue weighted by molar-refractivity contribution is 6.07. The highest BCUT2D eigenvalue weighted by atomic mass is 16.6. The number of likely N-dealkylation sites (N-methyl/N-ethyl adjacent to an activating group) is 2. The van der Waals surface area contributed by atoms with Gasteiger partial charge >= 0.3 is 11.9 Å². The van der Waals surface area contributed by atoms with Gasteiger partial charge in [-0.3, -0.25) is 19.2 Å². The summed E-state index contributed by atoms with van der Waals surface area (Å²) in [5.74, 6) is -1.08. The average molecular weight is 771 g/mol. The van der Waals surface area contributed by atoms with E-state index in [1.54, 1.807) is 23.9 Å². The van der Waals surface area contributed by atoms with Crippen LogP contribution in [-0.4, -0.2) is 99.9 Å². The van der Waals surface area contributed by atoms with Gasteiger partial charge in [0.15, 0.2) is 0 Å². The van der Waals surface area contributed by atoms with Gasteiger partial charge in [-0.1, -0.05) is 52.0 Å². The molecule has 12 heteroatoms. The van der Waals surface area contributed by atoms with E-state index in [2.05, 4.69) is 27.7 Å². The normalized spacial score (nSPS) is 41.8. The zero-order chi connectivity index (χ0) is 40.4. The van der Waals surface area contributed by atoms with Crippen molar-refractivity contribution in [2.24, 2.45) is 33.5 Å². The van der Waals surface area contributed by atoms with Crippen molar-refractivity contribution in [2.45, 2.75) is 101 Å². The van der Waals surface area contributed by atoms with Crippen LogP contribution < -0.4 is 9.80 Å². The van der Waals surface area contributed by atoms with E-state index in [-0.39, 0.29) is 95.9 Å². The van der Waals surface area contributed by atoms with Crippen molar-refractivity contribution >= 4 is 35.1 Å². The monoisotopic (exact) mass is 770 g/mol. The second-order valence-corrected chi connectivity index (χ2v) is 19.2. The number of aliphatic hydroxyl groups is 2. The van der Waals surface area contributed by atoms with E-state index in [9.17, 15) is 29.4 Å². The fourth-order valence-electron chi connectivity index (χ4n) is 13.9. The predicted molar refractivity (Wildman–Crippen MR) is 204 cm³/mol. The topological polar surface area (TPSA) is 152 Å². The lowest BCUT2D eigenvalue weighted by molar-refractivity contribution is -0.162. The molecule has 0 spiro atoms. The van der Waals surface area contributed by atoms with Gasteiger partial charge in [0.25, 0.3) is 0 Å². The zero-order valence-corrected chi connectivity index (χ0v) is 34.0. The number of nitrogens with zero attached hydrogens (tertiary/aromatic N) is 2. The quantitative estimate of drug-likeness (QED) is 0.438. The summed E-state index contributed by atoms with van der Waals surface area (Å²) in [5, 5.41) is 21.7. The van der Waals surface area contributed by atoms with E-state index in [1.807, 2.05) is 50.2 Å². The van der Waals surface area contributed by atoms with Crippen molar-refractivity contribution in [3.8, 4) is 0 Å². The molecule has 0 saturated carbocycles. The van der Waals surface area contributed by atoms with E-state index < -0.39 is 21.7 Å². The maximum Gasteiger partial charge on any atom is 0.315 e. The molecule has 4 fully saturated rings. The number of carbonyl (C=O) groups excluding carboxylic acids is 4. The molecule has 2 N–H and O–H groups in total. The molecule has 12 nitrogen and oxygen atoms in total. The molecule has 6 aliphatic heterocycles. The van der Waals surface area contributed by atoms with Crippen molar-refractivity contribution in [3.05, 3.63) is 58.7 Å². The molecule has 300 valence electrons. The molecule has 6 heterocycles. The van der Waals surface area contributed by atoms with Crippen LogP contribution in [0.4, 0.5) is 11.4 Å². The molecule has 2 amide bonds. The van der Waals surface area contributed by atoms with Gasteiger partial charge in [0.05, 0.1) is 74.5 Å². The Bertz CT molecular complexity index is 1970. The van der Waals surface area contributed by atoms with Gasteiger partial charge < -0.3 is 39.0 Å². The number of carbonyl (C=O) groups is 4. The van der Waals surface area contributed by atoms with Crippen LogP contribution >= 0.6 is 0 Å². The number of aliphatic hydroxyl groups excluding tert-OH is 2. The third-order valence-corrected chi connectivity index (χ3v) is 17.1. The minimum absolute atomic E-state index is 0.0584. The number of benzene rings is 2. The van der Waals surface area contributed by atoms with Crippen molar-refractivity contribution in [1.29, 1.82) is 0 Å². The van der Waals surface area contributed by atoms with E-state index >= 15 is 0 Å². The number of esters is 2. The number of methoxy groups -OCH3 is 2. The Balaban J connectivity index is 0.000000146. The van der Waals surface area contributed by atoms with Crippen molar-refractivity contribution in [2.75, 3.05) is 51.3 Å². The van der Waals surface area contributed by atoms with Gasteiger partial charge in [-0.15, -0.1) is 0 Å². The first-order valence-electron chi connectivity index (χ1n) is 19.9. The van der Waals surface area contributed by atoms with Gasteiger partial charge in [-0.05, 0) is 83.7 Å². The molecule has 0 aromatic heterocycles. The molecule has 2 aromatic carbocycles. The minimum Gasteiger partial charge on any atom is -0.468 e. The molecular weight excluding hydrogens is 716 g/mol. The Morgan fingerprint density at radius 3 is 1.36 bits per heavy atom. The van der Waals surface area contributed by atoms with Crippen LogP contribution in [0.5, 0.6) is 0 Å². The SMILES string of the molecule is COC(=O)[C@]1(C)[C@@H]2C[C@H]3[C@@H](O2)[C@]1(CO)c1cccc2c1[C@@H](C(=O)N2C)C3(C)C.COC(=O)[C@]1(C)[C@@H]2C[C@H]3[C@@H](O2)[C@]1(CO)c1cccc2c1[C@@H](C(=O)N2C)C3(C)C. The van der Waals surface area contributed by atoms with E-state index in [4.69, 9.17) is 18.9 Å². The fraction of sp³-hybridized carbons (Fsp3) is 0.636. The molecule has 56 heavy (non-hydrogen) atoms. The number of fused-ring (bicyclic) bond motifs is 4. The number of hydrogen-bond acceptors (Lipinski definition) is 10. The van der Waals surface area contributed by atoms with Gasteiger partial charge in [0.1, 0.15) is 10.8 Å². The lowest BCUT2D eigenvalue weighted by Gasteiger charge is -2.50. The summed E-state index contributed by atoms with van der Waals surface area (Å²) in [4.78, 5) is 56.3. The Labute approximate surface area is 327 Å². The summed E-state index contributed by atoms with van der Waals surface area (Å²) in [5.41, 5.74) is 0.746. The first-order valence-corrected chi connectivity index (χ1v) is 19.9. The largest absolute Gasteiger partial charge is 0.468 e. The van der Waals surface area contributed by atoms with E-state index in [0.29, 0.717) is 12.8 Å². The summed E-state index contributed by atoms with van der Waals surface area (Å²) in [6, 6.07) is 11.7. The first kappa shape index (κ1) is 37.7. The second kappa shape index (κ2) is 11.4. The first-order chi connectivity index (χ1) is 26.3. The highest BCUT2D eigenvalue weighted by Gasteiger charge is 2.79. The third kappa shape index (κ3) is 3.73. The third-order valence-electron chi connectivity index (χ3n) is 17.1. The summed E-state index contributed by atoms with van der Waals surface area (Å²) < 4.78 is 23.3. The molecular formula is C44H54N2O10. The van der Waals surface area contributed by atoms with Crippen molar-refractivity contribution in [3.63, 3.8) is 0 Å². The van der Waals surface area contributed by atoms with Crippen LogP contribution in [0.1, 0.15) is 88.5 Å². The van der Waals surface area contributed by atoms with Crippen LogP contribution in [0.2, 0.25) is 0 Å². The van der Waals surface area contributed by atoms with E-state index in [1.165, 1.54) is 14.2 Å². The fourth-order valence-corrected chi connectivity index (χ4v) is 13.9.